The molecule has 58 valence electrons. The lowest BCUT2D eigenvalue weighted by molar-refractivity contribution is 0.0393. The number of morpholine rings is 1. The molecule has 0 atom stereocenters. The lowest BCUT2D eigenvalue weighted by Gasteiger charge is -2.24. The summed E-state index contributed by atoms with van der Waals surface area (Å²) in [5.74, 6) is 0. The number of nitrogens with zero attached hydrogens (tertiary/aromatic N) is 2. The summed E-state index contributed by atoms with van der Waals surface area (Å²) in [5.41, 5.74) is 1.11. The molecule has 1 rings (SSSR count). The van der Waals surface area contributed by atoms with Gasteiger partial charge in [0.2, 0.25) is 0 Å². The molecular formula is C7H14N2O. The van der Waals surface area contributed by atoms with Crippen molar-refractivity contribution in [1.82, 2.24) is 5.01 Å². The van der Waals surface area contributed by atoms with E-state index in [4.69, 9.17) is 4.74 Å². The third-order valence-electron chi connectivity index (χ3n) is 1.33. The standard InChI is InChI=1S/C7H14N2O/c1-7(2)8-9-3-5-10-6-4-9/h3-6H2,1-2H3. The van der Waals surface area contributed by atoms with Crippen molar-refractivity contribution in [3.8, 4) is 0 Å². The van der Waals surface area contributed by atoms with E-state index in [0.29, 0.717) is 0 Å². The summed E-state index contributed by atoms with van der Waals surface area (Å²) in [6.07, 6.45) is 0. The van der Waals surface area contributed by atoms with E-state index in [-0.39, 0.29) is 0 Å². The van der Waals surface area contributed by atoms with E-state index >= 15 is 0 Å². The van der Waals surface area contributed by atoms with Crippen molar-refractivity contribution in [1.29, 1.82) is 0 Å². The van der Waals surface area contributed by atoms with Gasteiger partial charge in [-0.25, -0.2) is 0 Å². The molecule has 0 aromatic rings. The zero-order valence-corrected chi connectivity index (χ0v) is 6.63. The van der Waals surface area contributed by atoms with E-state index in [1.54, 1.807) is 0 Å². The van der Waals surface area contributed by atoms with E-state index in [2.05, 4.69) is 10.1 Å². The van der Waals surface area contributed by atoms with Gasteiger partial charge in [0, 0.05) is 5.71 Å². The summed E-state index contributed by atoms with van der Waals surface area (Å²) < 4.78 is 5.17. The van der Waals surface area contributed by atoms with Gasteiger partial charge in [-0.1, -0.05) is 0 Å². The number of rotatable bonds is 1. The van der Waals surface area contributed by atoms with Crippen molar-refractivity contribution in [3.63, 3.8) is 0 Å². The lowest BCUT2D eigenvalue weighted by Crippen LogP contribution is -2.32. The summed E-state index contributed by atoms with van der Waals surface area (Å²) >= 11 is 0. The molecule has 0 amide bonds. The summed E-state index contributed by atoms with van der Waals surface area (Å²) in [4.78, 5) is 0. The number of hydrogen-bond acceptors (Lipinski definition) is 3. The van der Waals surface area contributed by atoms with E-state index in [0.717, 1.165) is 32.0 Å². The summed E-state index contributed by atoms with van der Waals surface area (Å²) in [6, 6.07) is 0. The minimum absolute atomic E-state index is 0.816. The summed E-state index contributed by atoms with van der Waals surface area (Å²) in [5, 5.41) is 6.36. The highest BCUT2D eigenvalue weighted by Gasteiger charge is 2.05. The fourth-order valence-electron chi connectivity index (χ4n) is 0.937. The molecule has 0 aromatic heterocycles. The molecular weight excluding hydrogens is 128 g/mol. The van der Waals surface area contributed by atoms with Gasteiger partial charge in [-0.2, -0.15) is 5.10 Å². The van der Waals surface area contributed by atoms with Crippen LogP contribution in [0.25, 0.3) is 0 Å². The first-order valence-corrected chi connectivity index (χ1v) is 3.63. The lowest BCUT2D eigenvalue weighted by atomic mass is 10.5. The van der Waals surface area contributed by atoms with Gasteiger partial charge in [0.1, 0.15) is 0 Å². The van der Waals surface area contributed by atoms with Crippen molar-refractivity contribution in [2.45, 2.75) is 13.8 Å². The Morgan fingerprint density at radius 1 is 1.30 bits per heavy atom. The van der Waals surface area contributed by atoms with E-state index in [9.17, 15) is 0 Å². The zero-order valence-electron chi connectivity index (χ0n) is 6.63. The molecule has 0 aliphatic carbocycles. The Morgan fingerprint density at radius 2 is 1.90 bits per heavy atom. The molecule has 3 heteroatoms. The smallest absolute Gasteiger partial charge is 0.0659 e. The molecule has 1 aliphatic heterocycles. The van der Waals surface area contributed by atoms with Crippen molar-refractivity contribution in [2.24, 2.45) is 5.10 Å². The quantitative estimate of drug-likeness (QED) is 0.504. The maximum atomic E-state index is 5.17. The van der Waals surface area contributed by atoms with Crippen LogP contribution in [0, 0.1) is 0 Å². The second-order valence-corrected chi connectivity index (χ2v) is 2.61. The maximum absolute atomic E-state index is 5.17. The van der Waals surface area contributed by atoms with Crippen molar-refractivity contribution < 1.29 is 4.74 Å². The van der Waals surface area contributed by atoms with Crippen LogP contribution >= 0.6 is 0 Å². The molecule has 1 fully saturated rings. The molecule has 1 aliphatic rings. The Bertz CT molecular complexity index is 124. The predicted molar refractivity (Wildman–Crippen MR) is 41.2 cm³/mol. The van der Waals surface area contributed by atoms with E-state index in [1.165, 1.54) is 0 Å². The van der Waals surface area contributed by atoms with Crippen molar-refractivity contribution >= 4 is 5.71 Å². The summed E-state index contributed by atoms with van der Waals surface area (Å²) in [6.45, 7) is 7.52. The highest BCUT2D eigenvalue weighted by molar-refractivity contribution is 5.78. The van der Waals surface area contributed by atoms with Crippen LogP contribution in [0.15, 0.2) is 5.10 Å². The van der Waals surface area contributed by atoms with Gasteiger partial charge in [-0.15, -0.1) is 0 Å². The zero-order chi connectivity index (χ0) is 7.40. The van der Waals surface area contributed by atoms with Gasteiger partial charge in [0.15, 0.2) is 0 Å². The minimum Gasteiger partial charge on any atom is -0.378 e. The van der Waals surface area contributed by atoms with Gasteiger partial charge >= 0.3 is 0 Å². The number of hydrazone groups is 1. The molecule has 1 heterocycles. The van der Waals surface area contributed by atoms with Crippen molar-refractivity contribution in [2.75, 3.05) is 26.3 Å². The second-order valence-electron chi connectivity index (χ2n) is 2.61. The topological polar surface area (TPSA) is 24.8 Å². The molecule has 1 saturated heterocycles. The van der Waals surface area contributed by atoms with Crippen LogP contribution in [-0.4, -0.2) is 37.0 Å². The first-order valence-electron chi connectivity index (χ1n) is 3.63. The third kappa shape index (κ3) is 2.35. The summed E-state index contributed by atoms with van der Waals surface area (Å²) in [7, 11) is 0. The minimum atomic E-state index is 0.816. The molecule has 0 aromatic carbocycles. The molecule has 0 bridgehead atoms. The largest absolute Gasteiger partial charge is 0.378 e. The Morgan fingerprint density at radius 3 is 2.40 bits per heavy atom. The van der Waals surface area contributed by atoms with Crippen LogP contribution < -0.4 is 0 Å². The molecule has 3 nitrogen and oxygen atoms in total. The van der Waals surface area contributed by atoms with Crippen LogP contribution in [-0.2, 0) is 4.74 Å². The fourth-order valence-corrected chi connectivity index (χ4v) is 0.937. The number of hydrogen-bond donors (Lipinski definition) is 0. The molecule has 0 unspecified atom stereocenters. The highest BCUT2D eigenvalue weighted by Crippen LogP contribution is 1.96. The van der Waals surface area contributed by atoms with Crippen molar-refractivity contribution in [3.05, 3.63) is 0 Å². The van der Waals surface area contributed by atoms with Crippen LogP contribution in [0.1, 0.15) is 13.8 Å². The van der Waals surface area contributed by atoms with Crippen LogP contribution in [0.2, 0.25) is 0 Å². The average molecular weight is 142 g/mol. The van der Waals surface area contributed by atoms with Crippen LogP contribution in [0.4, 0.5) is 0 Å². The van der Waals surface area contributed by atoms with Crippen LogP contribution in [0.3, 0.4) is 0 Å². The molecule has 0 spiro atoms. The molecule has 0 N–H and O–H groups in total. The van der Waals surface area contributed by atoms with Gasteiger partial charge in [0.25, 0.3) is 0 Å². The first-order chi connectivity index (χ1) is 4.79. The van der Waals surface area contributed by atoms with Crippen LogP contribution in [0.5, 0.6) is 0 Å². The van der Waals surface area contributed by atoms with Gasteiger partial charge in [-0.3, -0.25) is 5.01 Å². The Balaban J connectivity index is 2.33. The molecule has 10 heavy (non-hydrogen) atoms. The second kappa shape index (κ2) is 3.56. The fraction of sp³-hybridized carbons (Fsp3) is 0.857. The predicted octanol–water partition coefficient (Wildman–Crippen LogP) is 0.714. The van der Waals surface area contributed by atoms with Gasteiger partial charge in [-0.05, 0) is 13.8 Å². The first kappa shape index (κ1) is 7.54. The maximum Gasteiger partial charge on any atom is 0.0659 e. The normalized spacial score (nSPS) is 18.8. The Labute approximate surface area is 61.7 Å². The monoisotopic (exact) mass is 142 g/mol. The molecule has 0 radical (unpaired) electrons. The Hall–Kier alpha value is -0.570. The third-order valence-corrected chi connectivity index (χ3v) is 1.33. The van der Waals surface area contributed by atoms with E-state index in [1.807, 2.05) is 13.8 Å². The SMILES string of the molecule is CC(C)=NN1CCOCC1. The van der Waals surface area contributed by atoms with E-state index < -0.39 is 0 Å². The molecule has 0 saturated carbocycles. The Kier molecular flexibility index (Phi) is 2.68. The number of ether oxygens (including phenoxy) is 1. The van der Waals surface area contributed by atoms with Gasteiger partial charge < -0.3 is 4.74 Å². The van der Waals surface area contributed by atoms with Gasteiger partial charge in [0.05, 0.1) is 26.3 Å². The highest BCUT2D eigenvalue weighted by atomic mass is 16.5. The average Bonchev–Trinajstić information content (AvgIpc) is 1.88.